The van der Waals surface area contributed by atoms with Gasteiger partial charge in [-0.05, 0) is 18.6 Å². The molecule has 98 valence electrons. The van der Waals surface area contributed by atoms with Gasteiger partial charge in [0.1, 0.15) is 11.4 Å². The maximum Gasteiger partial charge on any atom is 0.322 e. The molecule has 18 heavy (non-hydrogen) atoms. The number of benzene rings is 1. The van der Waals surface area contributed by atoms with E-state index in [1.54, 1.807) is 13.0 Å². The summed E-state index contributed by atoms with van der Waals surface area (Å²) in [5.41, 5.74) is 0.636. The number of ether oxygens (including phenoxy) is 2. The lowest BCUT2D eigenvalue weighted by Gasteiger charge is -2.10. The molecule has 0 N–H and O–H groups in total. The van der Waals surface area contributed by atoms with E-state index in [0.717, 1.165) is 5.56 Å². The van der Waals surface area contributed by atoms with Gasteiger partial charge >= 0.3 is 11.7 Å². The van der Waals surface area contributed by atoms with E-state index in [0.29, 0.717) is 0 Å². The Labute approximate surface area is 112 Å². The van der Waals surface area contributed by atoms with Crippen molar-refractivity contribution < 1.29 is 19.2 Å². The van der Waals surface area contributed by atoms with Gasteiger partial charge in [0, 0.05) is 6.07 Å². The Bertz CT molecular complexity index is 463. The number of nitro groups is 1. The Morgan fingerprint density at radius 3 is 2.78 bits per heavy atom. The summed E-state index contributed by atoms with van der Waals surface area (Å²) in [4.78, 5) is 20.8. The van der Waals surface area contributed by atoms with E-state index in [4.69, 9.17) is 4.74 Å². The number of hydrogen-bond donors (Lipinski definition) is 0. The Morgan fingerprint density at radius 2 is 2.22 bits per heavy atom. The van der Waals surface area contributed by atoms with E-state index < -0.39 is 15.7 Å². The maximum atomic E-state index is 11.1. The highest BCUT2D eigenvalue weighted by Crippen LogP contribution is 2.28. The molecule has 0 aliphatic carbocycles. The summed E-state index contributed by atoms with van der Waals surface area (Å²) in [7, 11) is 1.25. The fraction of sp³-hybridized carbons (Fsp3) is 0.364. The van der Waals surface area contributed by atoms with Crippen molar-refractivity contribution in [1.82, 2.24) is 0 Å². The quantitative estimate of drug-likeness (QED) is 0.360. The molecular weight excluding hydrogens is 306 g/mol. The third kappa shape index (κ3) is 3.69. The minimum Gasteiger partial charge on any atom is -0.485 e. The molecule has 0 radical (unpaired) electrons. The lowest BCUT2D eigenvalue weighted by Crippen LogP contribution is -2.23. The number of carbonyl (C=O) groups excluding carboxylic acids is 1. The summed E-state index contributed by atoms with van der Waals surface area (Å²) in [5, 5.41) is 10.8. The van der Waals surface area contributed by atoms with Gasteiger partial charge in [-0.2, -0.15) is 0 Å². The Balaban J connectivity index is 2.79. The van der Waals surface area contributed by atoms with Gasteiger partial charge in [-0.25, -0.2) is 0 Å². The van der Waals surface area contributed by atoms with Crippen LogP contribution in [0.1, 0.15) is 5.56 Å². The highest BCUT2D eigenvalue weighted by atomic mass is 79.9. The molecule has 0 aliphatic heterocycles. The van der Waals surface area contributed by atoms with Crippen LogP contribution in [0.3, 0.4) is 0 Å². The Kier molecular flexibility index (Phi) is 5.08. The fourth-order valence-electron chi connectivity index (χ4n) is 1.25. The highest BCUT2D eigenvalue weighted by Gasteiger charge is 2.20. The highest BCUT2D eigenvalue weighted by molar-refractivity contribution is 9.10. The molecule has 0 aliphatic rings. The Morgan fingerprint density at radius 1 is 1.56 bits per heavy atom. The molecule has 1 aromatic rings. The monoisotopic (exact) mass is 317 g/mol. The van der Waals surface area contributed by atoms with Crippen LogP contribution in [-0.4, -0.2) is 29.4 Å². The summed E-state index contributed by atoms with van der Waals surface area (Å²) in [5.74, 6) is -0.372. The van der Waals surface area contributed by atoms with E-state index in [9.17, 15) is 14.9 Å². The first-order chi connectivity index (χ1) is 8.45. The Hall–Kier alpha value is -1.63. The van der Waals surface area contributed by atoms with E-state index in [2.05, 4.69) is 20.7 Å². The molecule has 0 spiro atoms. The number of aryl methyl sites for hydroxylation is 1. The molecule has 7 heteroatoms. The summed E-state index contributed by atoms with van der Waals surface area (Å²) in [6.45, 7) is 1.70. The number of nitrogens with zero attached hydrogens (tertiary/aromatic N) is 1. The van der Waals surface area contributed by atoms with Crippen molar-refractivity contribution in [3.8, 4) is 5.75 Å². The zero-order chi connectivity index (χ0) is 13.7. The van der Waals surface area contributed by atoms with E-state index in [-0.39, 0.29) is 18.0 Å². The number of nitro benzene ring substituents is 1. The van der Waals surface area contributed by atoms with E-state index in [1.807, 2.05) is 0 Å². The van der Waals surface area contributed by atoms with Crippen molar-refractivity contribution in [3.63, 3.8) is 0 Å². The SMILES string of the molecule is COC(=O)C(Br)COc1ccc(C)cc1[N+](=O)[O-]. The topological polar surface area (TPSA) is 78.7 Å². The molecule has 0 heterocycles. The third-order valence-corrected chi connectivity index (χ3v) is 2.79. The molecule has 1 unspecified atom stereocenters. The standard InChI is InChI=1S/C11H12BrNO5/c1-7-3-4-10(9(5-7)13(15)16)18-6-8(12)11(14)17-2/h3-5,8H,6H2,1-2H3. The molecule has 1 atom stereocenters. The fourth-order valence-corrected chi connectivity index (χ4v) is 1.57. The van der Waals surface area contributed by atoms with Gasteiger partial charge in [-0.3, -0.25) is 14.9 Å². The van der Waals surface area contributed by atoms with Crippen LogP contribution in [0.5, 0.6) is 5.75 Å². The van der Waals surface area contributed by atoms with Crippen LogP contribution in [0, 0.1) is 17.0 Å². The van der Waals surface area contributed by atoms with Crippen LogP contribution < -0.4 is 4.74 Å². The minimum absolute atomic E-state index is 0.0451. The number of methoxy groups -OCH3 is 1. The molecule has 0 fully saturated rings. The second-order valence-electron chi connectivity index (χ2n) is 3.53. The van der Waals surface area contributed by atoms with Gasteiger partial charge in [0.2, 0.25) is 0 Å². The van der Waals surface area contributed by atoms with Crippen LogP contribution in [0.15, 0.2) is 18.2 Å². The van der Waals surface area contributed by atoms with Crippen molar-refractivity contribution in [2.75, 3.05) is 13.7 Å². The average molecular weight is 318 g/mol. The lowest BCUT2D eigenvalue weighted by molar-refractivity contribution is -0.385. The van der Waals surface area contributed by atoms with Gasteiger partial charge < -0.3 is 9.47 Å². The predicted octanol–water partition coefficient (Wildman–Crippen LogP) is 2.22. The second-order valence-corrected chi connectivity index (χ2v) is 4.64. The van der Waals surface area contributed by atoms with Crippen molar-refractivity contribution >= 4 is 27.6 Å². The maximum absolute atomic E-state index is 11.1. The van der Waals surface area contributed by atoms with Gasteiger partial charge in [0.15, 0.2) is 5.75 Å². The molecule has 0 saturated carbocycles. The van der Waals surface area contributed by atoms with Gasteiger partial charge in [0.25, 0.3) is 0 Å². The van der Waals surface area contributed by atoms with Crippen LogP contribution in [0.4, 0.5) is 5.69 Å². The van der Waals surface area contributed by atoms with Crippen LogP contribution in [-0.2, 0) is 9.53 Å². The van der Waals surface area contributed by atoms with Gasteiger partial charge in [0.05, 0.1) is 12.0 Å². The second kappa shape index (κ2) is 6.34. The number of carbonyl (C=O) groups is 1. The van der Waals surface area contributed by atoms with E-state index >= 15 is 0 Å². The number of esters is 1. The first-order valence-corrected chi connectivity index (χ1v) is 5.97. The largest absolute Gasteiger partial charge is 0.485 e. The van der Waals surface area contributed by atoms with Gasteiger partial charge in [-0.15, -0.1) is 0 Å². The first-order valence-electron chi connectivity index (χ1n) is 5.05. The van der Waals surface area contributed by atoms with Crippen molar-refractivity contribution in [3.05, 3.63) is 33.9 Å². The summed E-state index contributed by atoms with van der Waals surface area (Å²) in [6, 6.07) is 4.62. The summed E-state index contributed by atoms with van der Waals surface area (Å²) in [6.07, 6.45) is 0. The molecule has 0 bridgehead atoms. The molecular formula is C11H12BrNO5. The van der Waals surface area contributed by atoms with E-state index in [1.165, 1.54) is 19.2 Å². The smallest absolute Gasteiger partial charge is 0.322 e. The predicted molar refractivity (Wildman–Crippen MR) is 68.1 cm³/mol. The number of rotatable bonds is 5. The molecule has 0 saturated heterocycles. The molecule has 6 nitrogen and oxygen atoms in total. The van der Waals surface area contributed by atoms with Crippen molar-refractivity contribution in [2.45, 2.75) is 11.8 Å². The minimum atomic E-state index is -0.664. The first kappa shape index (κ1) is 14.4. The molecule has 0 amide bonds. The summed E-state index contributed by atoms with van der Waals surface area (Å²) < 4.78 is 9.75. The molecule has 1 rings (SSSR count). The molecule has 0 aromatic heterocycles. The third-order valence-electron chi connectivity index (χ3n) is 2.15. The van der Waals surface area contributed by atoms with Gasteiger partial charge in [-0.1, -0.05) is 22.0 Å². The molecule has 1 aromatic carbocycles. The van der Waals surface area contributed by atoms with Crippen molar-refractivity contribution in [1.29, 1.82) is 0 Å². The number of hydrogen-bond acceptors (Lipinski definition) is 5. The van der Waals surface area contributed by atoms with Crippen molar-refractivity contribution in [2.24, 2.45) is 0 Å². The van der Waals surface area contributed by atoms with Crippen LogP contribution >= 0.6 is 15.9 Å². The zero-order valence-electron chi connectivity index (χ0n) is 9.88. The van der Waals surface area contributed by atoms with Crippen LogP contribution in [0.2, 0.25) is 0 Å². The normalized spacial score (nSPS) is 11.7. The summed E-state index contributed by atoms with van der Waals surface area (Å²) >= 11 is 3.07. The average Bonchev–Trinajstić information content (AvgIpc) is 2.35. The number of alkyl halides is 1. The van der Waals surface area contributed by atoms with Crippen LogP contribution in [0.25, 0.3) is 0 Å². The number of halogens is 1. The zero-order valence-corrected chi connectivity index (χ0v) is 11.5. The lowest BCUT2D eigenvalue weighted by atomic mass is 10.2.